The lowest BCUT2D eigenvalue weighted by molar-refractivity contribution is -0.133. The molecule has 0 aliphatic carbocycles. The van der Waals surface area contributed by atoms with Gasteiger partial charge in [0.1, 0.15) is 5.78 Å². The van der Waals surface area contributed by atoms with Gasteiger partial charge in [-0.25, -0.2) is 0 Å². The van der Waals surface area contributed by atoms with E-state index in [9.17, 15) is 9.59 Å². The molecule has 1 aliphatic rings. The molecule has 2 rings (SSSR count). The Morgan fingerprint density at radius 1 is 1.12 bits per heavy atom. The minimum atomic E-state index is 0.0737. The highest BCUT2D eigenvalue weighted by molar-refractivity contribution is 6.30. The van der Waals surface area contributed by atoms with Gasteiger partial charge in [-0.15, -0.1) is 0 Å². The number of aryl methyl sites for hydroxylation is 1. The molecule has 24 heavy (non-hydrogen) atoms. The average molecular weight is 352 g/mol. The molecule has 1 amide bonds. The summed E-state index contributed by atoms with van der Waals surface area (Å²) in [6, 6.07) is 5.89. The molecule has 1 fully saturated rings. The maximum atomic E-state index is 12.3. The average Bonchev–Trinajstić information content (AvgIpc) is 2.54. The smallest absolute Gasteiger partial charge is 0.223 e. The van der Waals surface area contributed by atoms with Gasteiger partial charge < -0.3 is 14.7 Å². The summed E-state index contributed by atoms with van der Waals surface area (Å²) in [5.41, 5.74) is 2.32. The van der Waals surface area contributed by atoms with Crippen LogP contribution >= 0.6 is 11.6 Å². The number of Topliss-reactive ketones (excluding diaryl/α,β-unsaturated/α-hetero) is 1. The van der Waals surface area contributed by atoms with Gasteiger partial charge in [0.15, 0.2) is 0 Å². The van der Waals surface area contributed by atoms with Crippen molar-refractivity contribution in [3.63, 3.8) is 0 Å². The van der Waals surface area contributed by atoms with Crippen LogP contribution in [0.2, 0.25) is 5.02 Å². The standard InChI is InChI=1S/C18H26ClN3O2/c1-14-4-5-15(19)12-17(14)21-8-10-22(11-9-21)18(24)7-6-16(23)13-20(2)3/h4-5,12H,6-11,13H2,1-3H3. The number of hydrogen-bond acceptors (Lipinski definition) is 4. The summed E-state index contributed by atoms with van der Waals surface area (Å²) in [6.45, 7) is 5.42. The maximum absolute atomic E-state index is 12.3. The van der Waals surface area contributed by atoms with Crippen molar-refractivity contribution in [2.75, 3.05) is 51.7 Å². The third kappa shape index (κ3) is 5.21. The Bertz CT molecular complexity index is 596. The van der Waals surface area contributed by atoms with Crippen molar-refractivity contribution in [3.05, 3.63) is 28.8 Å². The summed E-state index contributed by atoms with van der Waals surface area (Å²) >= 11 is 6.10. The van der Waals surface area contributed by atoms with E-state index in [-0.39, 0.29) is 11.7 Å². The molecule has 0 radical (unpaired) electrons. The zero-order valence-corrected chi connectivity index (χ0v) is 15.5. The van der Waals surface area contributed by atoms with Crippen LogP contribution in [0.25, 0.3) is 0 Å². The van der Waals surface area contributed by atoms with E-state index in [0.717, 1.165) is 23.8 Å². The lowest BCUT2D eigenvalue weighted by atomic mass is 10.1. The normalized spacial score (nSPS) is 15.0. The van der Waals surface area contributed by atoms with Gasteiger partial charge in [0.05, 0.1) is 6.54 Å². The molecule has 1 aromatic rings. The monoisotopic (exact) mass is 351 g/mol. The van der Waals surface area contributed by atoms with E-state index in [0.29, 0.717) is 32.5 Å². The van der Waals surface area contributed by atoms with Crippen molar-refractivity contribution in [2.24, 2.45) is 0 Å². The number of carbonyl (C=O) groups excluding carboxylic acids is 2. The number of hydrogen-bond donors (Lipinski definition) is 0. The molecule has 6 heteroatoms. The fraction of sp³-hybridized carbons (Fsp3) is 0.556. The number of halogens is 1. The zero-order valence-electron chi connectivity index (χ0n) is 14.7. The first kappa shape index (κ1) is 18.7. The molecule has 0 bridgehead atoms. The maximum Gasteiger partial charge on any atom is 0.223 e. The van der Waals surface area contributed by atoms with Crippen LogP contribution in [0.3, 0.4) is 0 Å². The van der Waals surface area contributed by atoms with E-state index in [2.05, 4.69) is 11.8 Å². The number of piperazine rings is 1. The molecule has 1 aliphatic heterocycles. The number of rotatable bonds is 6. The molecule has 0 unspecified atom stereocenters. The van der Waals surface area contributed by atoms with Gasteiger partial charge in [-0.1, -0.05) is 17.7 Å². The van der Waals surface area contributed by atoms with Crippen LogP contribution in [0.4, 0.5) is 5.69 Å². The SMILES string of the molecule is Cc1ccc(Cl)cc1N1CCN(C(=O)CCC(=O)CN(C)C)CC1. The lowest BCUT2D eigenvalue weighted by Crippen LogP contribution is -2.49. The lowest BCUT2D eigenvalue weighted by Gasteiger charge is -2.37. The number of nitrogens with zero attached hydrogens (tertiary/aromatic N) is 3. The molecule has 0 N–H and O–H groups in total. The van der Waals surface area contributed by atoms with Gasteiger partial charge in [0, 0.05) is 49.7 Å². The van der Waals surface area contributed by atoms with Gasteiger partial charge in [-0.2, -0.15) is 0 Å². The molecule has 1 heterocycles. The predicted octanol–water partition coefficient (Wildman–Crippen LogP) is 2.21. The Hall–Kier alpha value is -1.59. The molecule has 5 nitrogen and oxygen atoms in total. The second kappa shape index (κ2) is 8.49. The highest BCUT2D eigenvalue weighted by Gasteiger charge is 2.22. The zero-order chi connectivity index (χ0) is 17.7. The van der Waals surface area contributed by atoms with Crippen molar-refractivity contribution in [2.45, 2.75) is 19.8 Å². The van der Waals surface area contributed by atoms with Crippen LogP contribution in [0.1, 0.15) is 18.4 Å². The molecule has 132 valence electrons. The van der Waals surface area contributed by atoms with Crippen LogP contribution in [0, 0.1) is 6.92 Å². The summed E-state index contributed by atoms with van der Waals surface area (Å²) in [7, 11) is 3.72. The van der Waals surface area contributed by atoms with Gasteiger partial charge in [-0.3, -0.25) is 9.59 Å². The van der Waals surface area contributed by atoms with E-state index in [1.165, 1.54) is 5.56 Å². The third-order valence-corrected chi connectivity index (χ3v) is 4.49. The van der Waals surface area contributed by atoms with Crippen molar-refractivity contribution >= 4 is 29.0 Å². The quantitative estimate of drug-likeness (QED) is 0.788. The van der Waals surface area contributed by atoms with Gasteiger partial charge in [0.2, 0.25) is 5.91 Å². The number of benzene rings is 1. The second-order valence-corrected chi connectivity index (χ2v) is 7.01. The van der Waals surface area contributed by atoms with Crippen LogP contribution in [0.5, 0.6) is 0 Å². The van der Waals surface area contributed by atoms with E-state index >= 15 is 0 Å². The molecule has 0 spiro atoms. The molecule has 1 saturated heterocycles. The van der Waals surface area contributed by atoms with Crippen molar-refractivity contribution in [1.82, 2.24) is 9.80 Å². The predicted molar refractivity (Wildman–Crippen MR) is 97.8 cm³/mol. The number of amides is 1. The van der Waals surface area contributed by atoms with Crippen molar-refractivity contribution < 1.29 is 9.59 Å². The fourth-order valence-electron chi connectivity index (χ4n) is 2.96. The van der Waals surface area contributed by atoms with Crippen molar-refractivity contribution in [3.8, 4) is 0 Å². The molecule has 1 aromatic carbocycles. The fourth-order valence-corrected chi connectivity index (χ4v) is 3.12. The Kier molecular flexibility index (Phi) is 6.63. The van der Waals surface area contributed by atoms with E-state index < -0.39 is 0 Å². The third-order valence-electron chi connectivity index (χ3n) is 4.25. The molecular formula is C18H26ClN3O2. The highest BCUT2D eigenvalue weighted by Crippen LogP contribution is 2.25. The Morgan fingerprint density at radius 2 is 1.79 bits per heavy atom. The second-order valence-electron chi connectivity index (χ2n) is 6.58. The molecule has 0 atom stereocenters. The molecule has 0 saturated carbocycles. The summed E-state index contributed by atoms with van der Waals surface area (Å²) < 4.78 is 0. The number of ketones is 1. The summed E-state index contributed by atoms with van der Waals surface area (Å²) in [4.78, 5) is 29.9. The Balaban J connectivity index is 1.83. The van der Waals surface area contributed by atoms with Crippen LogP contribution in [-0.2, 0) is 9.59 Å². The first-order valence-electron chi connectivity index (χ1n) is 8.32. The van der Waals surface area contributed by atoms with Gasteiger partial charge in [0.25, 0.3) is 0 Å². The highest BCUT2D eigenvalue weighted by atomic mass is 35.5. The van der Waals surface area contributed by atoms with Crippen LogP contribution < -0.4 is 4.90 Å². The molecule has 0 aromatic heterocycles. The van der Waals surface area contributed by atoms with E-state index in [4.69, 9.17) is 11.6 Å². The summed E-state index contributed by atoms with van der Waals surface area (Å²) in [5.74, 6) is 0.186. The number of carbonyl (C=O) groups is 2. The van der Waals surface area contributed by atoms with E-state index in [1.807, 2.05) is 42.1 Å². The topological polar surface area (TPSA) is 43.9 Å². The first-order chi connectivity index (χ1) is 11.4. The number of anilines is 1. The minimum Gasteiger partial charge on any atom is -0.368 e. The van der Waals surface area contributed by atoms with Gasteiger partial charge >= 0.3 is 0 Å². The summed E-state index contributed by atoms with van der Waals surface area (Å²) in [6.07, 6.45) is 0.632. The summed E-state index contributed by atoms with van der Waals surface area (Å²) in [5, 5.41) is 0.730. The largest absolute Gasteiger partial charge is 0.368 e. The first-order valence-corrected chi connectivity index (χ1v) is 8.70. The Labute approximate surface area is 149 Å². The van der Waals surface area contributed by atoms with E-state index in [1.54, 1.807) is 0 Å². The van der Waals surface area contributed by atoms with Crippen LogP contribution in [0.15, 0.2) is 18.2 Å². The minimum absolute atomic E-state index is 0.0737. The number of likely N-dealkylation sites (N-methyl/N-ethyl adjacent to an activating group) is 1. The molecular weight excluding hydrogens is 326 g/mol. The van der Waals surface area contributed by atoms with Gasteiger partial charge in [-0.05, 0) is 38.7 Å². The van der Waals surface area contributed by atoms with Crippen LogP contribution in [-0.4, -0.2) is 68.3 Å². The van der Waals surface area contributed by atoms with Crippen molar-refractivity contribution in [1.29, 1.82) is 0 Å². The Morgan fingerprint density at radius 3 is 2.42 bits per heavy atom.